The molecular formula is C18H18BrN3O2. The molecule has 0 spiro atoms. The highest BCUT2D eigenvalue weighted by Gasteiger charge is 2.23. The quantitative estimate of drug-likeness (QED) is 0.739. The van der Waals surface area contributed by atoms with E-state index in [-0.39, 0.29) is 11.7 Å². The molecule has 0 fully saturated rings. The van der Waals surface area contributed by atoms with Crippen molar-refractivity contribution in [1.29, 1.82) is 0 Å². The molecule has 0 atom stereocenters. The van der Waals surface area contributed by atoms with Gasteiger partial charge in [0.15, 0.2) is 5.65 Å². The highest BCUT2D eigenvalue weighted by Crippen LogP contribution is 2.25. The van der Waals surface area contributed by atoms with Gasteiger partial charge in [0, 0.05) is 18.9 Å². The molecule has 0 radical (unpaired) electrons. The lowest BCUT2D eigenvalue weighted by atomic mass is 10.2. The molecule has 2 heterocycles. The number of phenolic OH excluding ortho intramolecular Hbond substituents is 1. The number of hydrogen-bond donors (Lipinski definition) is 1. The predicted molar refractivity (Wildman–Crippen MR) is 97.8 cm³/mol. The molecule has 0 aliphatic heterocycles. The maximum absolute atomic E-state index is 13.1. The summed E-state index contributed by atoms with van der Waals surface area (Å²) in [6.07, 6.45) is 2.59. The Morgan fingerprint density at radius 1 is 1.33 bits per heavy atom. The molecule has 6 heteroatoms. The average molecular weight is 388 g/mol. The summed E-state index contributed by atoms with van der Waals surface area (Å²) in [5, 5.41) is 9.42. The zero-order chi connectivity index (χ0) is 17.4. The van der Waals surface area contributed by atoms with Crippen molar-refractivity contribution in [1.82, 2.24) is 9.38 Å². The van der Waals surface area contributed by atoms with E-state index < -0.39 is 0 Å². The normalized spacial score (nSPS) is 11.0. The Bertz CT molecular complexity index is 916. The van der Waals surface area contributed by atoms with E-state index >= 15 is 0 Å². The zero-order valence-electron chi connectivity index (χ0n) is 13.7. The first-order valence-electron chi connectivity index (χ1n) is 7.66. The Hall–Kier alpha value is -2.34. The number of amides is 1. The number of benzene rings is 1. The van der Waals surface area contributed by atoms with Crippen LogP contribution in [-0.2, 0) is 6.42 Å². The molecule has 1 N–H and O–H groups in total. The number of nitrogens with zero attached hydrogens (tertiary/aromatic N) is 3. The number of fused-ring (bicyclic) bond motifs is 1. The molecule has 3 aromatic rings. The summed E-state index contributed by atoms with van der Waals surface area (Å²) in [7, 11) is 1.72. The summed E-state index contributed by atoms with van der Waals surface area (Å²) < 4.78 is 2.71. The van der Waals surface area contributed by atoms with Gasteiger partial charge in [-0.15, -0.1) is 0 Å². The summed E-state index contributed by atoms with van der Waals surface area (Å²) in [5.74, 6) is 0.0331. The number of hydrogen-bond acceptors (Lipinski definition) is 3. The Morgan fingerprint density at radius 2 is 2.00 bits per heavy atom. The molecule has 2 aromatic heterocycles. The summed E-state index contributed by atoms with van der Waals surface area (Å²) in [4.78, 5) is 19.3. The van der Waals surface area contributed by atoms with Crippen molar-refractivity contribution in [2.45, 2.75) is 20.3 Å². The lowest BCUT2D eigenvalue weighted by molar-refractivity contribution is 0.0986. The molecule has 0 saturated heterocycles. The number of rotatable bonds is 3. The van der Waals surface area contributed by atoms with Crippen molar-refractivity contribution in [3.63, 3.8) is 0 Å². The number of halogens is 1. The van der Waals surface area contributed by atoms with Crippen molar-refractivity contribution in [3.8, 4) is 5.75 Å². The first kappa shape index (κ1) is 16.5. The maximum Gasteiger partial charge on any atom is 0.276 e. The Kier molecular flexibility index (Phi) is 4.32. The fourth-order valence-electron chi connectivity index (χ4n) is 2.70. The van der Waals surface area contributed by atoms with E-state index in [2.05, 4.69) is 20.9 Å². The van der Waals surface area contributed by atoms with Gasteiger partial charge in [-0.2, -0.15) is 0 Å². The van der Waals surface area contributed by atoms with Gasteiger partial charge < -0.3 is 10.0 Å². The van der Waals surface area contributed by atoms with E-state index in [1.165, 1.54) is 0 Å². The Morgan fingerprint density at radius 3 is 2.62 bits per heavy atom. The number of imidazole rings is 1. The van der Waals surface area contributed by atoms with Crippen LogP contribution in [0.15, 0.2) is 41.0 Å². The molecule has 0 aliphatic rings. The fourth-order valence-corrected chi connectivity index (χ4v) is 3.35. The predicted octanol–water partition coefficient (Wildman–Crippen LogP) is 3.95. The molecule has 3 rings (SSSR count). The van der Waals surface area contributed by atoms with E-state index in [4.69, 9.17) is 0 Å². The van der Waals surface area contributed by atoms with Crippen LogP contribution in [0.1, 0.15) is 28.7 Å². The van der Waals surface area contributed by atoms with Crippen molar-refractivity contribution in [2.75, 3.05) is 11.9 Å². The molecule has 0 bridgehead atoms. The summed E-state index contributed by atoms with van der Waals surface area (Å²) in [6, 6.07) is 8.54. The van der Waals surface area contributed by atoms with Gasteiger partial charge in [-0.05, 0) is 65.2 Å². The third-order valence-corrected chi connectivity index (χ3v) is 4.55. The second kappa shape index (κ2) is 6.28. The molecule has 0 aliphatic carbocycles. The van der Waals surface area contributed by atoms with Crippen molar-refractivity contribution >= 4 is 33.2 Å². The van der Waals surface area contributed by atoms with E-state index in [1.807, 2.05) is 30.5 Å². The number of aromatic hydroxyl groups is 1. The van der Waals surface area contributed by atoms with Crippen LogP contribution in [0, 0.1) is 6.92 Å². The third-order valence-electron chi connectivity index (χ3n) is 3.96. The van der Waals surface area contributed by atoms with E-state index in [9.17, 15) is 9.90 Å². The number of pyridine rings is 1. The van der Waals surface area contributed by atoms with E-state index in [0.717, 1.165) is 21.4 Å². The van der Waals surface area contributed by atoms with Crippen LogP contribution in [0.3, 0.4) is 0 Å². The number of aromatic nitrogens is 2. The molecular weight excluding hydrogens is 370 g/mol. The minimum Gasteiger partial charge on any atom is -0.508 e. The van der Waals surface area contributed by atoms with Crippen molar-refractivity contribution in [3.05, 3.63) is 58.0 Å². The molecule has 0 saturated carbocycles. The van der Waals surface area contributed by atoms with Crippen LogP contribution < -0.4 is 4.90 Å². The van der Waals surface area contributed by atoms with Crippen LogP contribution in [0.5, 0.6) is 5.75 Å². The third kappa shape index (κ3) is 2.78. The van der Waals surface area contributed by atoms with Crippen LogP contribution in [0.25, 0.3) is 5.65 Å². The minimum absolute atomic E-state index is 0.137. The lowest BCUT2D eigenvalue weighted by Crippen LogP contribution is -2.28. The maximum atomic E-state index is 13.1. The first-order chi connectivity index (χ1) is 11.4. The van der Waals surface area contributed by atoms with Gasteiger partial charge in [0.05, 0.1) is 10.2 Å². The smallest absolute Gasteiger partial charge is 0.276 e. The number of aryl methyl sites for hydroxylation is 2. The second-order valence-electron chi connectivity index (χ2n) is 5.70. The van der Waals surface area contributed by atoms with Gasteiger partial charge in [0.1, 0.15) is 11.4 Å². The molecule has 0 unspecified atom stereocenters. The highest BCUT2D eigenvalue weighted by atomic mass is 79.9. The van der Waals surface area contributed by atoms with Crippen molar-refractivity contribution in [2.24, 2.45) is 0 Å². The van der Waals surface area contributed by atoms with E-state index in [1.54, 1.807) is 36.2 Å². The largest absolute Gasteiger partial charge is 0.508 e. The van der Waals surface area contributed by atoms with Crippen LogP contribution in [-0.4, -0.2) is 27.4 Å². The lowest BCUT2D eigenvalue weighted by Gasteiger charge is -2.18. The van der Waals surface area contributed by atoms with Gasteiger partial charge in [-0.1, -0.05) is 6.92 Å². The van der Waals surface area contributed by atoms with Crippen LogP contribution in [0.4, 0.5) is 5.69 Å². The van der Waals surface area contributed by atoms with Gasteiger partial charge in [0.25, 0.3) is 5.91 Å². The Labute approximate surface area is 148 Å². The van der Waals surface area contributed by atoms with E-state index in [0.29, 0.717) is 17.8 Å². The molecule has 1 aromatic carbocycles. The number of carbonyl (C=O) groups excluding carboxylic acids is 1. The van der Waals surface area contributed by atoms with Gasteiger partial charge in [-0.25, -0.2) is 4.98 Å². The minimum atomic E-state index is -0.137. The SMILES string of the molecule is CCc1nc2c(Br)cc(C)cn2c1C(=O)N(C)c1ccc(O)cc1. The summed E-state index contributed by atoms with van der Waals surface area (Å²) in [6.45, 7) is 3.97. The van der Waals surface area contributed by atoms with Crippen molar-refractivity contribution < 1.29 is 9.90 Å². The Balaban J connectivity index is 2.13. The molecule has 5 nitrogen and oxygen atoms in total. The van der Waals surface area contributed by atoms with Crippen LogP contribution in [0.2, 0.25) is 0 Å². The molecule has 1 amide bonds. The number of anilines is 1. The summed E-state index contributed by atoms with van der Waals surface area (Å²) >= 11 is 3.53. The first-order valence-corrected chi connectivity index (χ1v) is 8.45. The average Bonchev–Trinajstić information content (AvgIpc) is 2.93. The highest BCUT2D eigenvalue weighted by molar-refractivity contribution is 9.10. The summed E-state index contributed by atoms with van der Waals surface area (Å²) in [5.41, 5.74) is 3.81. The molecule has 124 valence electrons. The van der Waals surface area contributed by atoms with Gasteiger partial charge >= 0.3 is 0 Å². The topological polar surface area (TPSA) is 57.8 Å². The monoisotopic (exact) mass is 387 g/mol. The standard InChI is InChI=1S/C18H18BrN3O2/c1-4-15-16(22-10-11(2)9-14(19)17(22)20-15)18(24)21(3)12-5-7-13(23)8-6-12/h5-10,23H,4H2,1-3H3. The number of carbonyl (C=O) groups is 1. The van der Waals surface area contributed by atoms with Crippen LogP contribution >= 0.6 is 15.9 Å². The zero-order valence-corrected chi connectivity index (χ0v) is 15.3. The van der Waals surface area contributed by atoms with Gasteiger partial charge in [0.2, 0.25) is 0 Å². The number of phenols is 1. The van der Waals surface area contributed by atoms with Gasteiger partial charge in [-0.3, -0.25) is 9.20 Å². The fraction of sp³-hybridized carbons (Fsp3) is 0.222. The molecule has 24 heavy (non-hydrogen) atoms. The second-order valence-corrected chi connectivity index (χ2v) is 6.55.